The van der Waals surface area contributed by atoms with Gasteiger partial charge in [-0.15, -0.1) is 0 Å². The predicted molar refractivity (Wildman–Crippen MR) is 118 cm³/mol. The van der Waals surface area contributed by atoms with Crippen molar-refractivity contribution in [3.05, 3.63) is 97.1 Å². The summed E-state index contributed by atoms with van der Waals surface area (Å²) in [5.74, 6) is 0. The topological polar surface area (TPSA) is 37.4 Å². The summed E-state index contributed by atoms with van der Waals surface area (Å²) in [6.07, 6.45) is 0. The van der Waals surface area contributed by atoms with E-state index in [0.717, 1.165) is 39.1 Å². The Hall–Kier alpha value is -3.37. The average Bonchev–Trinajstić information content (AvgIpc) is 2.78. The maximum absolute atomic E-state index is 13.3. The lowest BCUT2D eigenvalue weighted by atomic mass is 9.88. The van der Waals surface area contributed by atoms with Crippen molar-refractivity contribution in [2.75, 3.05) is 11.4 Å². The highest BCUT2D eigenvalue weighted by atomic mass is 32.2. The van der Waals surface area contributed by atoms with Crippen molar-refractivity contribution in [1.82, 2.24) is 0 Å². The van der Waals surface area contributed by atoms with E-state index in [1.165, 1.54) is 4.31 Å². The molecule has 1 heterocycles. The van der Waals surface area contributed by atoms with E-state index in [1.807, 2.05) is 66.7 Å². The zero-order valence-corrected chi connectivity index (χ0v) is 16.7. The first-order valence-electron chi connectivity index (χ1n) is 9.45. The van der Waals surface area contributed by atoms with Gasteiger partial charge in [0.1, 0.15) is 0 Å². The van der Waals surface area contributed by atoms with Crippen LogP contribution < -0.4 is 4.31 Å². The second-order valence-corrected chi connectivity index (χ2v) is 9.02. The molecule has 0 aliphatic carbocycles. The minimum atomic E-state index is -3.63. The standard InChI is InChI=1S/C25H19NO2S/c1-26-25-22(21-14-8-9-15-23(21)29(26,27)28)17-16-20(18-10-4-2-5-11-18)24(25)19-12-6-3-7-13-19/h2-17H,1H3. The van der Waals surface area contributed by atoms with Crippen molar-refractivity contribution in [2.45, 2.75) is 4.90 Å². The molecule has 4 aromatic carbocycles. The lowest BCUT2D eigenvalue weighted by molar-refractivity contribution is 0.594. The number of hydrogen-bond acceptors (Lipinski definition) is 2. The molecule has 0 N–H and O–H groups in total. The molecule has 0 atom stereocenters. The minimum Gasteiger partial charge on any atom is -0.268 e. The molecule has 142 valence electrons. The van der Waals surface area contributed by atoms with E-state index >= 15 is 0 Å². The molecule has 0 radical (unpaired) electrons. The highest BCUT2D eigenvalue weighted by molar-refractivity contribution is 7.93. The highest BCUT2D eigenvalue weighted by Crippen LogP contribution is 2.50. The first-order chi connectivity index (χ1) is 14.1. The number of rotatable bonds is 2. The van der Waals surface area contributed by atoms with Gasteiger partial charge in [-0.1, -0.05) is 91.0 Å². The highest BCUT2D eigenvalue weighted by Gasteiger charge is 2.35. The van der Waals surface area contributed by atoms with Crippen LogP contribution in [-0.4, -0.2) is 15.5 Å². The Bertz CT molecular complexity index is 1310. The van der Waals surface area contributed by atoms with Gasteiger partial charge in [-0.25, -0.2) is 8.42 Å². The SMILES string of the molecule is CN1c2c(ccc(-c3ccccc3)c2-c2ccccc2)-c2ccccc2S1(=O)=O. The Morgan fingerprint density at radius 2 is 1.14 bits per heavy atom. The summed E-state index contributed by atoms with van der Waals surface area (Å²) in [5, 5.41) is 0. The second kappa shape index (κ2) is 6.61. The van der Waals surface area contributed by atoms with Crippen LogP contribution in [0.3, 0.4) is 0 Å². The Morgan fingerprint density at radius 1 is 0.586 bits per heavy atom. The zero-order valence-electron chi connectivity index (χ0n) is 15.9. The molecule has 29 heavy (non-hydrogen) atoms. The number of benzene rings is 4. The third-order valence-electron chi connectivity index (χ3n) is 5.46. The molecular weight excluding hydrogens is 378 g/mol. The maximum atomic E-state index is 13.3. The van der Waals surface area contributed by atoms with Crippen molar-refractivity contribution in [2.24, 2.45) is 0 Å². The predicted octanol–water partition coefficient (Wildman–Crippen LogP) is 5.83. The van der Waals surface area contributed by atoms with Gasteiger partial charge in [0.15, 0.2) is 0 Å². The van der Waals surface area contributed by atoms with Gasteiger partial charge in [-0.2, -0.15) is 0 Å². The summed E-state index contributed by atoms with van der Waals surface area (Å²) in [6.45, 7) is 0. The molecule has 5 rings (SSSR count). The minimum absolute atomic E-state index is 0.349. The monoisotopic (exact) mass is 397 g/mol. The van der Waals surface area contributed by atoms with E-state index in [4.69, 9.17) is 0 Å². The molecule has 1 aliphatic heterocycles. The Labute approximate surface area is 170 Å². The van der Waals surface area contributed by atoms with E-state index in [0.29, 0.717) is 4.90 Å². The molecule has 4 aromatic rings. The normalized spacial score (nSPS) is 14.2. The number of anilines is 1. The first kappa shape index (κ1) is 17.7. The van der Waals surface area contributed by atoms with Gasteiger partial charge in [0, 0.05) is 23.7 Å². The van der Waals surface area contributed by atoms with Crippen molar-refractivity contribution < 1.29 is 8.42 Å². The largest absolute Gasteiger partial charge is 0.268 e. The molecule has 0 unspecified atom stereocenters. The summed E-state index contributed by atoms with van der Waals surface area (Å²) in [6, 6.07) is 31.4. The molecular formula is C25H19NO2S. The fourth-order valence-electron chi connectivity index (χ4n) is 4.07. The molecule has 0 aromatic heterocycles. The third kappa shape index (κ3) is 2.68. The van der Waals surface area contributed by atoms with Crippen LogP contribution in [0, 0.1) is 0 Å². The molecule has 0 bridgehead atoms. The van der Waals surface area contributed by atoms with Gasteiger partial charge >= 0.3 is 0 Å². The van der Waals surface area contributed by atoms with Crippen molar-refractivity contribution in [3.8, 4) is 33.4 Å². The van der Waals surface area contributed by atoms with Crippen LogP contribution in [0.1, 0.15) is 0 Å². The van der Waals surface area contributed by atoms with Gasteiger partial charge in [0.25, 0.3) is 10.0 Å². The second-order valence-electron chi connectivity index (χ2n) is 7.09. The van der Waals surface area contributed by atoms with Crippen molar-refractivity contribution >= 4 is 15.7 Å². The number of sulfonamides is 1. The summed E-state index contributed by atoms with van der Waals surface area (Å²) >= 11 is 0. The fraction of sp³-hybridized carbons (Fsp3) is 0.0400. The Balaban J connectivity index is 1.93. The molecule has 0 spiro atoms. The van der Waals surface area contributed by atoms with E-state index in [2.05, 4.69) is 18.2 Å². The van der Waals surface area contributed by atoms with Crippen LogP contribution in [0.5, 0.6) is 0 Å². The molecule has 0 saturated carbocycles. The van der Waals surface area contributed by atoms with Crippen molar-refractivity contribution in [3.63, 3.8) is 0 Å². The number of hydrogen-bond donors (Lipinski definition) is 0. The van der Waals surface area contributed by atoms with E-state index in [9.17, 15) is 8.42 Å². The quantitative estimate of drug-likeness (QED) is 0.427. The van der Waals surface area contributed by atoms with Crippen molar-refractivity contribution in [1.29, 1.82) is 0 Å². The smallest absolute Gasteiger partial charge is 0.264 e. The first-order valence-corrected chi connectivity index (χ1v) is 10.9. The Morgan fingerprint density at radius 3 is 1.83 bits per heavy atom. The third-order valence-corrected chi connectivity index (χ3v) is 7.27. The molecule has 0 fully saturated rings. The lowest BCUT2D eigenvalue weighted by Crippen LogP contribution is -2.31. The molecule has 3 nitrogen and oxygen atoms in total. The van der Waals surface area contributed by atoms with Gasteiger partial charge in [-0.3, -0.25) is 4.31 Å². The van der Waals surface area contributed by atoms with Gasteiger partial charge in [0.2, 0.25) is 0 Å². The van der Waals surface area contributed by atoms with E-state index < -0.39 is 10.0 Å². The molecule has 4 heteroatoms. The summed E-state index contributed by atoms with van der Waals surface area (Å²) in [4.78, 5) is 0.349. The van der Waals surface area contributed by atoms with Crippen LogP contribution in [0.15, 0.2) is 102 Å². The average molecular weight is 397 g/mol. The van der Waals surface area contributed by atoms with Gasteiger partial charge in [-0.05, 0) is 22.8 Å². The summed E-state index contributed by atoms with van der Waals surface area (Å²) in [5.41, 5.74) is 6.38. The van der Waals surface area contributed by atoms with E-state index in [1.54, 1.807) is 19.2 Å². The van der Waals surface area contributed by atoms with Crippen LogP contribution >= 0.6 is 0 Å². The van der Waals surface area contributed by atoms with Gasteiger partial charge < -0.3 is 0 Å². The molecule has 0 saturated heterocycles. The molecule has 0 amide bonds. The fourth-order valence-corrected chi connectivity index (χ4v) is 5.50. The van der Waals surface area contributed by atoms with Crippen LogP contribution in [0.4, 0.5) is 5.69 Å². The van der Waals surface area contributed by atoms with Gasteiger partial charge in [0.05, 0.1) is 10.6 Å². The van der Waals surface area contributed by atoms with Crippen LogP contribution in [-0.2, 0) is 10.0 Å². The summed E-state index contributed by atoms with van der Waals surface area (Å²) < 4.78 is 28.1. The lowest BCUT2D eigenvalue weighted by Gasteiger charge is -2.32. The number of fused-ring (bicyclic) bond motifs is 3. The zero-order chi connectivity index (χ0) is 20.0. The Kier molecular flexibility index (Phi) is 4.03. The summed E-state index contributed by atoms with van der Waals surface area (Å²) in [7, 11) is -1.99. The number of nitrogens with zero attached hydrogens (tertiary/aromatic N) is 1. The van der Waals surface area contributed by atoms with E-state index in [-0.39, 0.29) is 0 Å². The molecule has 1 aliphatic rings. The maximum Gasteiger partial charge on any atom is 0.264 e. The van der Waals surface area contributed by atoms with Crippen LogP contribution in [0.25, 0.3) is 33.4 Å². The van der Waals surface area contributed by atoms with Crippen LogP contribution in [0.2, 0.25) is 0 Å².